The van der Waals surface area contributed by atoms with E-state index >= 15 is 0 Å². The van der Waals surface area contributed by atoms with Gasteiger partial charge in [0, 0.05) is 43.2 Å². The lowest BCUT2D eigenvalue weighted by Crippen LogP contribution is -2.37. The molecule has 0 aliphatic carbocycles. The van der Waals surface area contributed by atoms with Crippen molar-refractivity contribution in [3.63, 3.8) is 0 Å². The van der Waals surface area contributed by atoms with Gasteiger partial charge in [0.1, 0.15) is 0 Å². The number of nitrogens with zero attached hydrogens (tertiary/aromatic N) is 3. The molecule has 126 valence electrons. The highest BCUT2D eigenvalue weighted by Crippen LogP contribution is 2.33. The molecule has 1 atom stereocenters. The molecule has 0 spiro atoms. The van der Waals surface area contributed by atoms with Crippen LogP contribution in [-0.2, 0) is 18.4 Å². The van der Waals surface area contributed by atoms with E-state index in [1.54, 1.807) is 17.4 Å². The fourth-order valence-corrected chi connectivity index (χ4v) is 3.94. The minimum absolute atomic E-state index is 0.0526. The zero-order chi connectivity index (χ0) is 17.2. The smallest absolute Gasteiger partial charge is 0.246 e. The average molecular weight is 349 g/mol. The summed E-state index contributed by atoms with van der Waals surface area (Å²) < 4.78 is 1.81. The topological polar surface area (TPSA) is 38.1 Å². The van der Waals surface area contributed by atoms with E-state index < -0.39 is 0 Å². The van der Waals surface area contributed by atoms with Gasteiger partial charge in [-0.05, 0) is 34.2 Å². The minimum Gasteiger partial charge on any atom is -0.334 e. The Morgan fingerprint density at radius 1 is 1.28 bits per heavy atom. The Morgan fingerprint density at radius 2 is 2.16 bits per heavy atom. The van der Waals surface area contributed by atoms with E-state index in [-0.39, 0.29) is 11.8 Å². The maximum Gasteiger partial charge on any atom is 0.246 e. The Kier molecular flexibility index (Phi) is 4.24. The second-order valence-electron chi connectivity index (χ2n) is 6.27. The van der Waals surface area contributed by atoms with Gasteiger partial charge >= 0.3 is 0 Å². The third-order valence-electron chi connectivity index (χ3n) is 4.57. The third kappa shape index (κ3) is 3.28. The number of fused-ring (bicyclic) bond motifs is 1. The van der Waals surface area contributed by atoms with E-state index in [1.807, 2.05) is 58.7 Å². The first-order chi connectivity index (χ1) is 12.2. The SMILES string of the molecule is Cn1cc(C2CN(C(=O)C=Cc3cccs3)Cc3ccccc32)cn1. The van der Waals surface area contributed by atoms with Crippen LogP contribution in [-0.4, -0.2) is 27.1 Å². The second-order valence-corrected chi connectivity index (χ2v) is 7.25. The average Bonchev–Trinajstić information content (AvgIpc) is 3.30. The summed E-state index contributed by atoms with van der Waals surface area (Å²) in [6.45, 7) is 1.33. The summed E-state index contributed by atoms with van der Waals surface area (Å²) >= 11 is 1.63. The summed E-state index contributed by atoms with van der Waals surface area (Å²) in [5.41, 5.74) is 3.65. The molecule has 0 saturated carbocycles. The number of thiophene rings is 1. The summed E-state index contributed by atoms with van der Waals surface area (Å²) in [5.74, 6) is 0.217. The number of rotatable bonds is 3. The van der Waals surface area contributed by atoms with Gasteiger partial charge < -0.3 is 4.90 Å². The molecule has 3 aromatic rings. The van der Waals surface area contributed by atoms with Gasteiger partial charge in [0.25, 0.3) is 0 Å². The molecule has 1 amide bonds. The molecule has 25 heavy (non-hydrogen) atoms. The second kappa shape index (κ2) is 6.69. The van der Waals surface area contributed by atoms with Gasteiger partial charge in [-0.15, -0.1) is 11.3 Å². The highest BCUT2D eigenvalue weighted by atomic mass is 32.1. The largest absolute Gasteiger partial charge is 0.334 e. The molecule has 1 unspecified atom stereocenters. The van der Waals surface area contributed by atoms with E-state index in [9.17, 15) is 4.79 Å². The van der Waals surface area contributed by atoms with E-state index in [2.05, 4.69) is 23.3 Å². The summed E-state index contributed by atoms with van der Waals surface area (Å²) in [7, 11) is 1.92. The number of carbonyl (C=O) groups excluding carboxylic acids is 1. The van der Waals surface area contributed by atoms with E-state index in [0.717, 1.165) is 10.4 Å². The number of hydrogen-bond donors (Lipinski definition) is 0. The fraction of sp³-hybridized carbons (Fsp3) is 0.200. The van der Waals surface area contributed by atoms with Crippen LogP contribution < -0.4 is 0 Å². The summed E-state index contributed by atoms with van der Waals surface area (Å²) in [4.78, 5) is 15.7. The van der Waals surface area contributed by atoms with E-state index in [0.29, 0.717) is 13.1 Å². The molecule has 1 aliphatic heterocycles. The predicted molar refractivity (Wildman–Crippen MR) is 100 cm³/mol. The summed E-state index contributed by atoms with van der Waals surface area (Å²) in [6.07, 6.45) is 7.51. The molecule has 0 bridgehead atoms. The van der Waals surface area contributed by atoms with Crippen molar-refractivity contribution in [2.75, 3.05) is 6.54 Å². The van der Waals surface area contributed by atoms with Crippen LogP contribution in [0.1, 0.15) is 27.5 Å². The van der Waals surface area contributed by atoms with E-state index in [4.69, 9.17) is 0 Å². The van der Waals surface area contributed by atoms with Crippen LogP contribution >= 0.6 is 11.3 Å². The molecule has 0 radical (unpaired) electrons. The van der Waals surface area contributed by atoms with Crippen molar-refractivity contribution >= 4 is 23.3 Å². The van der Waals surface area contributed by atoms with Gasteiger partial charge in [0.2, 0.25) is 5.91 Å². The number of amides is 1. The van der Waals surface area contributed by atoms with Crippen LogP contribution in [0.4, 0.5) is 0 Å². The van der Waals surface area contributed by atoms with Gasteiger partial charge in [0.15, 0.2) is 0 Å². The fourth-order valence-electron chi connectivity index (χ4n) is 3.32. The Morgan fingerprint density at radius 3 is 2.92 bits per heavy atom. The molecule has 1 aliphatic rings. The first-order valence-corrected chi connectivity index (χ1v) is 9.15. The molecule has 3 heterocycles. The number of carbonyl (C=O) groups is 1. The standard InChI is InChI=1S/C20H19N3OS/c1-22-12-16(11-21-22)19-14-23(13-15-5-2-3-7-18(15)19)20(24)9-8-17-6-4-10-25-17/h2-12,19H,13-14H2,1H3. The first-order valence-electron chi connectivity index (χ1n) is 8.27. The minimum atomic E-state index is 0.0526. The number of aryl methyl sites for hydroxylation is 1. The zero-order valence-corrected chi connectivity index (χ0v) is 14.8. The number of benzene rings is 1. The van der Waals surface area contributed by atoms with E-state index in [1.165, 1.54) is 11.1 Å². The molecular weight excluding hydrogens is 330 g/mol. The normalized spacial score (nSPS) is 17.0. The maximum absolute atomic E-state index is 12.7. The molecule has 2 aromatic heterocycles. The van der Waals surface area contributed by atoms with Gasteiger partial charge in [-0.3, -0.25) is 9.48 Å². The monoisotopic (exact) mass is 349 g/mol. The van der Waals surface area contributed by atoms with Crippen LogP contribution in [0.25, 0.3) is 6.08 Å². The number of aromatic nitrogens is 2. The molecule has 0 fully saturated rings. The van der Waals surface area contributed by atoms with Crippen molar-refractivity contribution in [2.24, 2.45) is 7.05 Å². The van der Waals surface area contributed by atoms with Crippen molar-refractivity contribution in [1.29, 1.82) is 0 Å². The van der Waals surface area contributed by atoms with Gasteiger partial charge in [-0.1, -0.05) is 30.3 Å². The van der Waals surface area contributed by atoms with Crippen LogP contribution in [0.5, 0.6) is 0 Å². The van der Waals surface area contributed by atoms with Gasteiger partial charge in [0.05, 0.1) is 6.20 Å². The molecule has 0 N–H and O–H groups in total. The van der Waals surface area contributed by atoms with Crippen LogP contribution in [0.3, 0.4) is 0 Å². The maximum atomic E-state index is 12.7. The van der Waals surface area contributed by atoms with Crippen molar-refractivity contribution < 1.29 is 4.79 Å². The third-order valence-corrected chi connectivity index (χ3v) is 5.40. The highest BCUT2D eigenvalue weighted by Gasteiger charge is 2.28. The molecule has 5 heteroatoms. The lowest BCUT2D eigenvalue weighted by Gasteiger charge is -2.34. The Labute approximate surface area is 151 Å². The Hall–Kier alpha value is -2.66. The van der Waals surface area contributed by atoms with Crippen LogP contribution in [0, 0.1) is 0 Å². The van der Waals surface area contributed by atoms with Crippen molar-refractivity contribution in [1.82, 2.24) is 14.7 Å². The Bertz CT molecular complexity index is 911. The lowest BCUT2D eigenvalue weighted by atomic mass is 9.86. The molecular formula is C20H19N3OS. The lowest BCUT2D eigenvalue weighted by molar-refractivity contribution is -0.127. The molecule has 1 aromatic carbocycles. The molecule has 0 saturated heterocycles. The van der Waals surface area contributed by atoms with Crippen molar-refractivity contribution in [3.8, 4) is 0 Å². The summed E-state index contributed by atoms with van der Waals surface area (Å²) in [5, 5.41) is 6.32. The molecule has 4 rings (SSSR count). The Balaban J connectivity index is 1.62. The first kappa shape index (κ1) is 15.8. The predicted octanol–water partition coefficient (Wildman–Crippen LogP) is 3.67. The summed E-state index contributed by atoms with van der Waals surface area (Å²) in [6, 6.07) is 12.4. The van der Waals surface area contributed by atoms with Crippen molar-refractivity contribution in [2.45, 2.75) is 12.5 Å². The molecule has 4 nitrogen and oxygen atoms in total. The van der Waals surface area contributed by atoms with Gasteiger partial charge in [-0.25, -0.2) is 0 Å². The zero-order valence-electron chi connectivity index (χ0n) is 14.0. The number of hydrogen-bond acceptors (Lipinski definition) is 3. The van der Waals surface area contributed by atoms with Crippen LogP contribution in [0.2, 0.25) is 0 Å². The van der Waals surface area contributed by atoms with Gasteiger partial charge in [-0.2, -0.15) is 5.10 Å². The quantitative estimate of drug-likeness (QED) is 0.677. The van der Waals surface area contributed by atoms with Crippen molar-refractivity contribution in [3.05, 3.63) is 81.8 Å². The van der Waals surface area contributed by atoms with Crippen LogP contribution in [0.15, 0.2) is 60.2 Å². The highest BCUT2D eigenvalue weighted by molar-refractivity contribution is 7.10.